The minimum absolute atomic E-state index is 0.0515. The molecule has 1 fully saturated rings. The lowest BCUT2D eigenvalue weighted by Gasteiger charge is -2.24. The highest BCUT2D eigenvalue weighted by molar-refractivity contribution is 5.68. The largest absolute Gasteiger partial charge is 0.493 e. The Hall–Kier alpha value is -2.06. The van der Waals surface area contributed by atoms with Gasteiger partial charge in [-0.25, -0.2) is 0 Å². The molecule has 0 radical (unpaired) electrons. The van der Waals surface area contributed by atoms with Crippen LogP contribution in [-0.2, 0) is 4.74 Å². The van der Waals surface area contributed by atoms with E-state index in [1.807, 2.05) is 0 Å². The molecule has 1 unspecified atom stereocenters. The molecule has 1 aliphatic heterocycles. The van der Waals surface area contributed by atoms with E-state index in [0.29, 0.717) is 36.9 Å². The average Bonchev–Trinajstić information content (AvgIpc) is 2.52. The van der Waals surface area contributed by atoms with Crippen LogP contribution in [0.3, 0.4) is 0 Å². The van der Waals surface area contributed by atoms with Gasteiger partial charge in [0.1, 0.15) is 5.69 Å². The molecule has 21 heavy (non-hydrogen) atoms. The second kappa shape index (κ2) is 7.09. The van der Waals surface area contributed by atoms with Gasteiger partial charge in [-0.05, 0) is 0 Å². The average molecular weight is 297 g/mol. The van der Waals surface area contributed by atoms with Gasteiger partial charge in [0.2, 0.25) is 0 Å². The van der Waals surface area contributed by atoms with Crippen molar-refractivity contribution < 1.29 is 19.1 Å². The molecule has 0 saturated carbocycles. The Morgan fingerprint density at radius 1 is 1.43 bits per heavy atom. The Kier molecular flexibility index (Phi) is 5.18. The summed E-state index contributed by atoms with van der Waals surface area (Å²) in [5.74, 6) is 0.771. The van der Waals surface area contributed by atoms with Gasteiger partial charge in [0.15, 0.2) is 11.5 Å². The van der Waals surface area contributed by atoms with Crippen molar-refractivity contribution >= 4 is 11.4 Å². The van der Waals surface area contributed by atoms with Crippen molar-refractivity contribution in [3.8, 4) is 11.5 Å². The number of morpholine rings is 1. The topological polar surface area (TPSA) is 94.9 Å². The van der Waals surface area contributed by atoms with Crippen molar-refractivity contribution in [2.75, 3.05) is 45.8 Å². The van der Waals surface area contributed by atoms with Crippen LogP contribution in [0.2, 0.25) is 0 Å². The van der Waals surface area contributed by atoms with E-state index in [-0.39, 0.29) is 11.7 Å². The Morgan fingerprint density at radius 2 is 2.14 bits per heavy atom. The predicted molar refractivity (Wildman–Crippen MR) is 77.3 cm³/mol. The van der Waals surface area contributed by atoms with E-state index < -0.39 is 4.92 Å². The van der Waals surface area contributed by atoms with Gasteiger partial charge in [0.25, 0.3) is 5.69 Å². The van der Waals surface area contributed by atoms with Gasteiger partial charge < -0.3 is 24.8 Å². The minimum atomic E-state index is -0.449. The zero-order chi connectivity index (χ0) is 15.2. The Balaban J connectivity index is 2.17. The lowest BCUT2D eigenvalue weighted by molar-refractivity contribution is -0.384. The number of nitrogens with one attached hydrogen (secondary N) is 2. The number of nitro benzene ring substituents is 1. The monoisotopic (exact) mass is 297 g/mol. The fourth-order valence-corrected chi connectivity index (χ4v) is 2.14. The highest BCUT2D eigenvalue weighted by Crippen LogP contribution is 2.37. The van der Waals surface area contributed by atoms with E-state index in [1.54, 1.807) is 6.07 Å². The third kappa shape index (κ3) is 3.73. The third-order valence-electron chi connectivity index (χ3n) is 3.24. The molecule has 1 atom stereocenters. The second-order valence-corrected chi connectivity index (χ2v) is 4.59. The van der Waals surface area contributed by atoms with Gasteiger partial charge in [-0.1, -0.05) is 0 Å². The summed E-state index contributed by atoms with van der Waals surface area (Å²) in [7, 11) is 2.93. The molecular weight excluding hydrogens is 278 g/mol. The molecule has 8 nitrogen and oxygen atoms in total. The lowest BCUT2D eigenvalue weighted by atomic mass is 10.2. The number of methoxy groups -OCH3 is 2. The van der Waals surface area contributed by atoms with Crippen LogP contribution >= 0.6 is 0 Å². The molecule has 0 aromatic heterocycles. The summed E-state index contributed by atoms with van der Waals surface area (Å²) in [6.45, 7) is 2.57. The van der Waals surface area contributed by atoms with E-state index in [2.05, 4.69) is 10.6 Å². The van der Waals surface area contributed by atoms with Crippen LogP contribution in [0.1, 0.15) is 0 Å². The van der Waals surface area contributed by atoms with Crippen LogP contribution in [0, 0.1) is 10.1 Å². The van der Waals surface area contributed by atoms with Crippen molar-refractivity contribution in [1.29, 1.82) is 0 Å². The molecule has 1 heterocycles. The number of hydrogen-bond donors (Lipinski definition) is 2. The molecule has 0 bridgehead atoms. The molecule has 1 aromatic carbocycles. The summed E-state index contributed by atoms with van der Waals surface area (Å²) in [5.41, 5.74) is 0.342. The molecule has 0 amide bonds. The van der Waals surface area contributed by atoms with Gasteiger partial charge >= 0.3 is 0 Å². The van der Waals surface area contributed by atoms with Crippen molar-refractivity contribution in [2.24, 2.45) is 0 Å². The van der Waals surface area contributed by atoms with E-state index in [1.165, 1.54) is 20.3 Å². The molecule has 1 aromatic rings. The van der Waals surface area contributed by atoms with Crippen LogP contribution in [0.5, 0.6) is 11.5 Å². The standard InChI is InChI=1S/C13H19N3O5/c1-19-12-5-10(11(16(17)18)6-13(12)20-2)15-7-9-8-21-4-3-14-9/h5-6,9,14-15H,3-4,7-8H2,1-2H3. The highest BCUT2D eigenvalue weighted by atomic mass is 16.6. The van der Waals surface area contributed by atoms with E-state index in [0.717, 1.165) is 6.54 Å². The molecule has 1 aliphatic rings. The second-order valence-electron chi connectivity index (χ2n) is 4.59. The molecule has 0 spiro atoms. The van der Waals surface area contributed by atoms with Crippen LogP contribution in [-0.4, -0.2) is 51.5 Å². The van der Waals surface area contributed by atoms with E-state index in [9.17, 15) is 10.1 Å². The number of anilines is 1. The first kappa shape index (κ1) is 15.3. The number of hydrogen-bond acceptors (Lipinski definition) is 7. The summed E-state index contributed by atoms with van der Waals surface area (Å²) in [6.07, 6.45) is 0. The first-order valence-corrected chi connectivity index (χ1v) is 6.61. The lowest BCUT2D eigenvalue weighted by Crippen LogP contribution is -2.45. The summed E-state index contributed by atoms with van der Waals surface area (Å²) in [5, 5.41) is 17.5. The maximum atomic E-state index is 11.2. The van der Waals surface area contributed by atoms with Crippen molar-refractivity contribution in [2.45, 2.75) is 6.04 Å². The maximum Gasteiger partial charge on any atom is 0.296 e. The molecule has 2 rings (SSSR count). The van der Waals surface area contributed by atoms with Gasteiger partial charge in [0, 0.05) is 25.2 Å². The molecule has 116 valence electrons. The molecular formula is C13H19N3O5. The summed E-state index contributed by atoms with van der Waals surface area (Å²) >= 11 is 0. The van der Waals surface area contributed by atoms with Crippen molar-refractivity contribution in [3.05, 3.63) is 22.2 Å². The smallest absolute Gasteiger partial charge is 0.296 e. The first-order valence-electron chi connectivity index (χ1n) is 6.61. The number of nitro groups is 1. The van der Waals surface area contributed by atoms with Gasteiger partial charge in [-0.2, -0.15) is 0 Å². The maximum absolute atomic E-state index is 11.2. The molecule has 0 aliphatic carbocycles. The fourth-order valence-electron chi connectivity index (χ4n) is 2.14. The minimum Gasteiger partial charge on any atom is -0.493 e. The van der Waals surface area contributed by atoms with Crippen molar-refractivity contribution in [3.63, 3.8) is 0 Å². The van der Waals surface area contributed by atoms with Gasteiger partial charge in [-0.15, -0.1) is 0 Å². The zero-order valence-electron chi connectivity index (χ0n) is 12.0. The van der Waals surface area contributed by atoms with Gasteiger partial charge in [0.05, 0.1) is 38.4 Å². The van der Waals surface area contributed by atoms with E-state index in [4.69, 9.17) is 14.2 Å². The van der Waals surface area contributed by atoms with Crippen molar-refractivity contribution in [1.82, 2.24) is 5.32 Å². The third-order valence-corrected chi connectivity index (χ3v) is 3.24. The number of benzene rings is 1. The number of rotatable bonds is 6. The highest BCUT2D eigenvalue weighted by Gasteiger charge is 2.21. The number of ether oxygens (including phenoxy) is 3. The van der Waals surface area contributed by atoms with Crippen LogP contribution in [0.25, 0.3) is 0 Å². The zero-order valence-corrected chi connectivity index (χ0v) is 12.0. The summed E-state index contributed by atoms with van der Waals surface area (Å²) in [4.78, 5) is 10.7. The fraction of sp³-hybridized carbons (Fsp3) is 0.538. The SMILES string of the molecule is COc1cc(NCC2COCCN2)c([N+](=O)[O-])cc1OC. The Labute approximate surface area is 122 Å². The quantitative estimate of drug-likeness (QED) is 0.597. The Bertz CT molecular complexity index is 503. The van der Waals surface area contributed by atoms with Crippen LogP contribution in [0.4, 0.5) is 11.4 Å². The molecule has 2 N–H and O–H groups in total. The normalized spacial score (nSPS) is 18.1. The van der Waals surface area contributed by atoms with Crippen LogP contribution in [0.15, 0.2) is 12.1 Å². The van der Waals surface area contributed by atoms with E-state index >= 15 is 0 Å². The predicted octanol–water partition coefficient (Wildman–Crippen LogP) is 1.01. The van der Waals surface area contributed by atoms with Gasteiger partial charge in [-0.3, -0.25) is 10.1 Å². The van der Waals surface area contributed by atoms with Crippen LogP contribution < -0.4 is 20.1 Å². The first-order chi connectivity index (χ1) is 10.2. The summed E-state index contributed by atoms with van der Waals surface area (Å²) < 4.78 is 15.6. The Morgan fingerprint density at radius 3 is 2.71 bits per heavy atom. The number of nitrogens with zero attached hydrogens (tertiary/aromatic N) is 1. The summed E-state index contributed by atoms with van der Waals surface area (Å²) in [6, 6.07) is 3.04. The molecule has 1 saturated heterocycles. The molecule has 8 heteroatoms.